The van der Waals surface area contributed by atoms with Gasteiger partial charge in [-0.2, -0.15) is 5.26 Å². The lowest BCUT2D eigenvalue weighted by atomic mass is 9.81. The smallest absolute Gasteiger partial charge is 0.234 e. The van der Waals surface area contributed by atoms with E-state index in [9.17, 15) is 10.1 Å². The first-order valence-electron chi connectivity index (χ1n) is 8.52. The van der Waals surface area contributed by atoms with Gasteiger partial charge in [0.2, 0.25) is 5.91 Å². The molecule has 0 spiro atoms. The van der Waals surface area contributed by atoms with Crippen LogP contribution in [0.4, 0.5) is 0 Å². The van der Waals surface area contributed by atoms with Crippen molar-refractivity contribution in [3.05, 3.63) is 35.6 Å². The normalized spacial score (nSPS) is 16.0. The van der Waals surface area contributed by atoms with Crippen LogP contribution in [0.25, 0.3) is 5.69 Å². The molecule has 0 radical (unpaired) electrons. The molecule has 1 aliphatic carbocycles. The standard InChI is InChI=1S/C18H20ClN5OS/c1-23(18(12-20)8-3-2-4-9-18)16(25)11-26-17-22-21-13-24(17)15-7-5-6-14(19)10-15/h5-7,10,13H,2-4,8-9,11H2,1H3. The molecule has 26 heavy (non-hydrogen) atoms. The Balaban J connectivity index is 1.69. The van der Waals surface area contributed by atoms with Crippen molar-refractivity contribution in [1.29, 1.82) is 5.26 Å². The van der Waals surface area contributed by atoms with Crippen LogP contribution in [-0.4, -0.2) is 43.9 Å². The number of aromatic nitrogens is 3. The van der Waals surface area contributed by atoms with E-state index in [1.54, 1.807) is 28.9 Å². The minimum Gasteiger partial charge on any atom is -0.326 e. The van der Waals surface area contributed by atoms with Gasteiger partial charge in [-0.3, -0.25) is 9.36 Å². The average molecular weight is 390 g/mol. The number of nitrogens with zero attached hydrogens (tertiary/aromatic N) is 5. The summed E-state index contributed by atoms with van der Waals surface area (Å²) in [6.45, 7) is 0. The van der Waals surface area contributed by atoms with E-state index in [4.69, 9.17) is 11.6 Å². The summed E-state index contributed by atoms with van der Waals surface area (Å²) in [6, 6.07) is 9.75. The molecule has 136 valence electrons. The first-order chi connectivity index (χ1) is 12.6. The first kappa shape index (κ1) is 18.7. The Kier molecular flexibility index (Phi) is 5.84. The number of halogens is 1. The van der Waals surface area contributed by atoms with E-state index in [0.29, 0.717) is 10.2 Å². The molecule has 3 rings (SSSR count). The molecule has 1 aromatic carbocycles. The molecule has 1 amide bonds. The Labute approximate surface area is 162 Å². The maximum absolute atomic E-state index is 12.7. The van der Waals surface area contributed by atoms with Gasteiger partial charge in [-0.25, -0.2) is 0 Å². The zero-order valence-electron chi connectivity index (χ0n) is 14.6. The fourth-order valence-corrected chi connectivity index (χ4v) is 4.27. The first-order valence-corrected chi connectivity index (χ1v) is 9.89. The van der Waals surface area contributed by atoms with Crippen LogP contribution in [0.3, 0.4) is 0 Å². The van der Waals surface area contributed by atoms with Crippen molar-refractivity contribution in [3.8, 4) is 11.8 Å². The highest BCUT2D eigenvalue weighted by Gasteiger charge is 2.38. The Morgan fingerprint density at radius 1 is 1.42 bits per heavy atom. The van der Waals surface area contributed by atoms with Crippen molar-refractivity contribution in [1.82, 2.24) is 19.7 Å². The molecule has 1 aromatic heterocycles. The van der Waals surface area contributed by atoms with Gasteiger partial charge >= 0.3 is 0 Å². The number of thioether (sulfide) groups is 1. The van der Waals surface area contributed by atoms with E-state index in [1.807, 2.05) is 18.2 Å². The lowest BCUT2D eigenvalue weighted by Crippen LogP contribution is -2.50. The fourth-order valence-electron chi connectivity index (χ4n) is 3.25. The molecule has 0 N–H and O–H groups in total. The quantitative estimate of drug-likeness (QED) is 0.729. The zero-order chi connectivity index (χ0) is 18.6. The predicted molar refractivity (Wildman–Crippen MR) is 101 cm³/mol. The van der Waals surface area contributed by atoms with E-state index < -0.39 is 5.54 Å². The molecule has 1 aliphatic rings. The third-order valence-corrected chi connectivity index (χ3v) is 6.00. The van der Waals surface area contributed by atoms with Crippen molar-refractivity contribution >= 4 is 29.3 Å². The summed E-state index contributed by atoms with van der Waals surface area (Å²) in [4.78, 5) is 14.3. The van der Waals surface area contributed by atoms with Crippen molar-refractivity contribution in [2.24, 2.45) is 0 Å². The van der Waals surface area contributed by atoms with Crippen LogP contribution in [0.2, 0.25) is 5.02 Å². The summed E-state index contributed by atoms with van der Waals surface area (Å²) in [5, 5.41) is 18.9. The van der Waals surface area contributed by atoms with E-state index in [-0.39, 0.29) is 11.7 Å². The molecule has 0 saturated heterocycles. The lowest BCUT2D eigenvalue weighted by molar-refractivity contribution is -0.131. The topological polar surface area (TPSA) is 74.8 Å². The van der Waals surface area contributed by atoms with Gasteiger partial charge in [0.1, 0.15) is 11.9 Å². The highest BCUT2D eigenvalue weighted by molar-refractivity contribution is 7.99. The van der Waals surface area contributed by atoms with Gasteiger partial charge in [-0.05, 0) is 31.0 Å². The molecule has 0 bridgehead atoms. The van der Waals surface area contributed by atoms with Crippen molar-refractivity contribution in [2.45, 2.75) is 42.8 Å². The minimum atomic E-state index is -0.670. The van der Waals surface area contributed by atoms with E-state index in [1.165, 1.54) is 11.8 Å². The van der Waals surface area contributed by atoms with Crippen LogP contribution in [0.5, 0.6) is 0 Å². The fraction of sp³-hybridized carbons (Fsp3) is 0.444. The van der Waals surface area contributed by atoms with Crippen molar-refractivity contribution in [2.75, 3.05) is 12.8 Å². The summed E-state index contributed by atoms with van der Waals surface area (Å²) in [5.74, 6) is 0.137. The lowest BCUT2D eigenvalue weighted by Gasteiger charge is -2.39. The maximum Gasteiger partial charge on any atom is 0.234 e. The summed E-state index contributed by atoms with van der Waals surface area (Å²) in [5.41, 5.74) is 0.169. The molecular formula is C18H20ClN5OS. The second kappa shape index (κ2) is 8.11. The summed E-state index contributed by atoms with van der Waals surface area (Å²) in [6.07, 6.45) is 6.19. The number of benzene rings is 1. The van der Waals surface area contributed by atoms with Crippen LogP contribution < -0.4 is 0 Å². The highest BCUT2D eigenvalue weighted by atomic mass is 35.5. The van der Waals surface area contributed by atoms with Gasteiger partial charge in [0.15, 0.2) is 5.16 Å². The molecule has 0 aliphatic heterocycles. The average Bonchev–Trinajstić information content (AvgIpc) is 3.14. The number of hydrogen-bond acceptors (Lipinski definition) is 5. The second-order valence-electron chi connectivity index (χ2n) is 6.41. The van der Waals surface area contributed by atoms with Gasteiger partial charge in [0.25, 0.3) is 0 Å². The molecule has 1 fully saturated rings. The third kappa shape index (κ3) is 3.87. The molecule has 0 unspecified atom stereocenters. The number of carbonyl (C=O) groups excluding carboxylic acids is 1. The Morgan fingerprint density at radius 2 is 2.19 bits per heavy atom. The summed E-state index contributed by atoms with van der Waals surface area (Å²) >= 11 is 7.36. The third-order valence-electron chi connectivity index (χ3n) is 4.83. The van der Waals surface area contributed by atoms with Crippen LogP contribution in [0.1, 0.15) is 32.1 Å². The Morgan fingerprint density at radius 3 is 2.88 bits per heavy atom. The van der Waals surface area contributed by atoms with Crippen LogP contribution in [0, 0.1) is 11.3 Å². The van der Waals surface area contributed by atoms with Gasteiger partial charge in [0.05, 0.1) is 17.5 Å². The van der Waals surface area contributed by atoms with Crippen LogP contribution in [-0.2, 0) is 4.79 Å². The Bertz CT molecular complexity index is 825. The number of amides is 1. The van der Waals surface area contributed by atoms with Gasteiger partial charge in [0, 0.05) is 12.1 Å². The predicted octanol–water partition coefficient (Wildman–Crippen LogP) is 3.70. The van der Waals surface area contributed by atoms with Crippen molar-refractivity contribution in [3.63, 3.8) is 0 Å². The molecule has 2 aromatic rings. The number of hydrogen-bond donors (Lipinski definition) is 0. The molecule has 0 atom stereocenters. The number of nitriles is 1. The van der Waals surface area contributed by atoms with Crippen molar-refractivity contribution < 1.29 is 4.79 Å². The van der Waals surface area contributed by atoms with Crippen LogP contribution in [0.15, 0.2) is 35.7 Å². The van der Waals surface area contributed by atoms with E-state index in [2.05, 4.69) is 16.3 Å². The minimum absolute atomic E-state index is 0.0703. The maximum atomic E-state index is 12.7. The largest absolute Gasteiger partial charge is 0.326 e. The second-order valence-corrected chi connectivity index (χ2v) is 7.79. The zero-order valence-corrected chi connectivity index (χ0v) is 16.1. The summed E-state index contributed by atoms with van der Waals surface area (Å²) < 4.78 is 1.80. The monoisotopic (exact) mass is 389 g/mol. The van der Waals surface area contributed by atoms with E-state index >= 15 is 0 Å². The number of rotatable bonds is 5. The molecule has 1 saturated carbocycles. The number of carbonyl (C=O) groups is 1. The van der Waals surface area contributed by atoms with Gasteiger partial charge in [-0.15, -0.1) is 10.2 Å². The van der Waals surface area contributed by atoms with E-state index in [0.717, 1.165) is 37.8 Å². The van der Waals surface area contributed by atoms with Gasteiger partial charge < -0.3 is 4.90 Å². The van der Waals surface area contributed by atoms with Crippen LogP contribution >= 0.6 is 23.4 Å². The SMILES string of the molecule is CN(C(=O)CSc1nncn1-c1cccc(Cl)c1)C1(C#N)CCCCC1. The van der Waals surface area contributed by atoms with Gasteiger partial charge in [-0.1, -0.05) is 48.7 Å². The molecule has 1 heterocycles. The summed E-state index contributed by atoms with van der Waals surface area (Å²) in [7, 11) is 1.74. The Hall–Kier alpha value is -2.04. The molecule has 8 heteroatoms. The highest BCUT2D eigenvalue weighted by Crippen LogP contribution is 2.33. The molecular weight excluding hydrogens is 370 g/mol. The molecule has 6 nitrogen and oxygen atoms in total.